The molecule has 80 valence electrons. The van der Waals surface area contributed by atoms with Crippen LogP contribution in [0.25, 0.3) is 0 Å². The van der Waals surface area contributed by atoms with Crippen LogP contribution in [0.4, 0.5) is 0 Å². The van der Waals surface area contributed by atoms with Gasteiger partial charge in [-0.05, 0) is 0 Å². The minimum Gasteiger partial charge on any atom is -0.351 e. The smallest absolute Gasteiger partial charge is 0.344 e. The van der Waals surface area contributed by atoms with Crippen molar-refractivity contribution in [3.05, 3.63) is 0 Å². The molecule has 0 spiro atoms. The molecular weight excluding hydrogens is 188 g/mol. The number of hydrogen-bond acceptors (Lipinski definition) is 9. The van der Waals surface area contributed by atoms with Gasteiger partial charge in [-0.25, -0.2) is 10.6 Å². The third-order valence-corrected chi connectivity index (χ3v) is 0.823. The first kappa shape index (κ1) is 12.6. The van der Waals surface area contributed by atoms with Crippen LogP contribution in [-0.4, -0.2) is 56.3 Å². The minimum absolute atomic E-state index is 0.493. The molecule has 0 aromatic rings. The highest BCUT2D eigenvalue weighted by atomic mass is 16.7. The first-order valence-corrected chi connectivity index (χ1v) is 3.13. The fourth-order valence-corrected chi connectivity index (χ4v) is 0.347. The van der Waals surface area contributed by atoms with Gasteiger partial charge in [-0.15, -0.1) is 0 Å². The van der Waals surface area contributed by atoms with Gasteiger partial charge in [0.05, 0.1) is 0 Å². The molecule has 0 heterocycles. The second-order valence-electron chi connectivity index (χ2n) is 2.12. The Hall–Kier alpha value is -0.360. The average Bonchev–Trinajstić information content (AvgIpc) is 1.81. The predicted molar refractivity (Wildman–Crippen MR) is 35.9 cm³/mol. The molecule has 0 saturated carbocycles. The van der Waals surface area contributed by atoms with Crippen molar-refractivity contribution in [3.63, 3.8) is 0 Å². The molecular formula is C4H12N2O7. The second-order valence-corrected chi connectivity index (χ2v) is 2.12. The van der Waals surface area contributed by atoms with Crippen LogP contribution >= 0.6 is 0 Å². The molecule has 9 nitrogen and oxygen atoms in total. The lowest BCUT2D eigenvalue weighted by Crippen LogP contribution is -2.49. The number of ether oxygens (including phenoxy) is 1. The highest BCUT2D eigenvalue weighted by Gasteiger charge is 2.18. The molecule has 0 radical (unpaired) electrons. The summed E-state index contributed by atoms with van der Waals surface area (Å²) < 4.78 is 4.40. The van der Waals surface area contributed by atoms with Crippen LogP contribution in [0.5, 0.6) is 0 Å². The Morgan fingerprint density at radius 2 is 1.08 bits per heavy atom. The van der Waals surface area contributed by atoms with Crippen LogP contribution < -0.4 is 10.6 Å². The molecule has 0 unspecified atom stereocenters. The van der Waals surface area contributed by atoms with Gasteiger partial charge in [-0.2, -0.15) is 0 Å². The van der Waals surface area contributed by atoms with Gasteiger partial charge < -0.3 is 35.4 Å². The standard InChI is InChI=1S/C4H12N2O7/c7-3(8,9)5-1-13-2-6-4(10,11)12/h5-12H,1-2H2. The molecule has 0 aliphatic carbocycles. The number of rotatable bonds is 6. The minimum atomic E-state index is -3.06. The third kappa shape index (κ3) is 11.6. The van der Waals surface area contributed by atoms with Crippen LogP contribution in [0, 0.1) is 0 Å². The van der Waals surface area contributed by atoms with E-state index in [0.717, 1.165) is 0 Å². The molecule has 0 aromatic carbocycles. The maximum absolute atomic E-state index is 8.23. The summed E-state index contributed by atoms with van der Waals surface area (Å²) in [5.74, 6) is 0. The summed E-state index contributed by atoms with van der Waals surface area (Å²) in [6, 6.07) is 0. The third-order valence-electron chi connectivity index (χ3n) is 0.823. The highest BCUT2D eigenvalue weighted by molar-refractivity contribution is 4.39. The summed E-state index contributed by atoms with van der Waals surface area (Å²) in [5, 5.41) is 52.7. The molecule has 0 aromatic heterocycles. The molecule has 0 atom stereocenters. The zero-order chi connectivity index (χ0) is 10.5. The lowest BCUT2D eigenvalue weighted by molar-refractivity contribution is -0.344. The van der Waals surface area contributed by atoms with Crippen molar-refractivity contribution < 1.29 is 35.4 Å². The maximum atomic E-state index is 8.23. The van der Waals surface area contributed by atoms with Crippen molar-refractivity contribution in [1.82, 2.24) is 10.6 Å². The van der Waals surface area contributed by atoms with E-state index in [9.17, 15) is 0 Å². The largest absolute Gasteiger partial charge is 0.351 e. The van der Waals surface area contributed by atoms with Crippen molar-refractivity contribution in [1.29, 1.82) is 0 Å². The molecule has 13 heavy (non-hydrogen) atoms. The van der Waals surface area contributed by atoms with Crippen molar-refractivity contribution in [2.45, 2.75) is 12.2 Å². The molecule has 8 N–H and O–H groups in total. The van der Waals surface area contributed by atoms with Crippen molar-refractivity contribution in [2.24, 2.45) is 0 Å². The Morgan fingerprint density at radius 1 is 0.769 bits per heavy atom. The first-order chi connectivity index (χ1) is 5.71. The summed E-state index contributed by atoms with van der Waals surface area (Å²) in [5.41, 5.74) is 0. The predicted octanol–water partition coefficient (Wildman–Crippen LogP) is -4.73. The summed E-state index contributed by atoms with van der Waals surface area (Å²) in [6.07, 6.45) is -6.12. The molecule has 0 bridgehead atoms. The van der Waals surface area contributed by atoms with E-state index in [2.05, 4.69) is 4.74 Å². The van der Waals surface area contributed by atoms with Gasteiger partial charge in [0.2, 0.25) is 0 Å². The monoisotopic (exact) mass is 200 g/mol. The van der Waals surface area contributed by atoms with Gasteiger partial charge in [0.25, 0.3) is 0 Å². The van der Waals surface area contributed by atoms with Crippen molar-refractivity contribution in [2.75, 3.05) is 13.5 Å². The molecule has 0 aliphatic heterocycles. The molecule has 0 saturated heterocycles. The summed E-state index contributed by atoms with van der Waals surface area (Å²) >= 11 is 0. The maximum Gasteiger partial charge on any atom is 0.344 e. The van der Waals surface area contributed by atoms with E-state index in [1.54, 1.807) is 10.6 Å². The lowest BCUT2D eigenvalue weighted by atomic mass is 10.9. The van der Waals surface area contributed by atoms with Gasteiger partial charge in [0, 0.05) is 0 Å². The summed E-state index contributed by atoms with van der Waals surface area (Å²) in [7, 11) is 0. The second kappa shape index (κ2) is 4.76. The highest BCUT2D eigenvalue weighted by Crippen LogP contribution is 1.85. The number of nitrogens with one attached hydrogen (secondary N) is 2. The van der Waals surface area contributed by atoms with Crippen LogP contribution in [0.2, 0.25) is 0 Å². The van der Waals surface area contributed by atoms with Gasteiger partial charge >= 0.3 is 12.2 Å². The number of aliphatic hydroxyl groups is 6. The fourth-order valence-electron chi connectivity index (χ4n) is 0.347. The van der Waals surface area contributed by atoms with Gasteiger partial charge in [-0.1, -0.05) is 0 Å². The topological polar surface area (TPSA) is 155 Å². The van der Waals surface area contributed by atoms with Crippen molar-refractivity contribution in [3.8, 4) is 0 Å². The van der Waals surface area contributed by atoms with Gasteiger partial charge in [0.1, 0.15) is 13.5 Å². The van der Waals surface area contributed by atoms with Crippen LogP contribution in [0.3, 0.4) is 0 Å². The van der Waals surface area contributed by atoms with E-state index in [4.69, 9.17) is 30.6 Å². The van der Waals surface area contributed by atoms with E-state index in [1.807, 2.05) is 0 Å². The normalized spacial score (nSPS) is 13.4. The molecule has 0 aliphatic rings. The molecule has 0 rings (SSSR count). The Labute approximate surface area is 72.8 Å². The van der Waals surface area contributed by atoms with E-state index in [-0.39, 0.29) is 0 Å². The Kier molecular flexibility index (Phi) is 4.63. The quantitative estimate of drug-likeness (QED) is 0.156. The van der Waals surface area contributed by atoms with Gasteiger partial charge in [0.15, 0.2) is 0 Å². The number of hydrogen-bond donors (Lipinski definition) is 8. The van der Waals surface area contributed by atoms with Crippen LogP contribution in [-0.2, 0) is 4.74 Å². The molecule has 0 amide bonds. The zero-order valence-corrected chi connectivity index (χ0v) is 6.51. The van der Waals surface area contributed by atoms with Crippen LogP contribution in [0.15, 0.2) is 0 Å². The summed E-state index contributed by atoms with van der Waals surface area (Å²) in [4.78, 5) is 0. The zero-order valence-electron chi connectivity index (χ0n) is 6.51. The molecule has 9 heteroatoms. The SMILES string of the molecule is OC(O)(O)NCOCNC(O)(O)O. The fraction of sp³-hybridized carbons (Fsp3) is 1.00. The van der Waals surface area contributed by atoms with E-state index < -0.39 is 25.7 Å². The van der Waals surface area contributed by atoms with Crippen LogP contribution in [0.1, 0.15) is 0 Å². The Bertz CT molecular complexity index is 122. The Balaban J connectivity index is 3.28. The Morgan fingerprint density at radius 3 is 1.31 bits per heavy atom. The van der Waals surface area contributed by atoms with E-state index >= 15 is 0 Å². The molecule has 0 fully saturated rings. The van der Waals surface area contributed by atoms with Gasteiger partial charge in [-0.3, -0.25) is 0 Å². The van der Waals surface area contributed by atoms with E-state index in [0.29, 0.717) is 0 Å². The lowest BCUT2D eigenvalue weighted by Gasteiger charge is -2.17. The van der Waals surface area contributed by atoms with Crippen molar-refractivity contribution >= 4 is 0 Å². The van der Waals surface area contributed by atoms with E-state index in [1.165, 1.54) is 0 Å². The first-order valence-electron chi connectivity index (χ1n) is 3.13. The summed E-state index contributed by atoms with van der Waals surface area (Å²) in [6.45, 7) is -0.987. The average molecular weight is 200 g/mol.